The van der Waals surface area contributed by atoms with Crippen LogP contribution >= 0.6 is 0 Å². The highest BCUT2D eigenvalue weighted by Gasteiger charge is 2.15. The minimum atomic E-state index is -0.512. The number of carbonyl (C=O) groups is 2. The fraction of sp³-hybridized carbons (Fsp3) is 0.276. The van der Waals surface area contributed by atoms with Crippen molar-refractivity contribution < 1.29 is 23.8 Å². The smallest absolute Gasteiger partial charge is 0.343 e. The largest absolute Gasteiger partial charge is 0.494 e. The van der Waals surface area contributed by atoms with E-state index in [0.717, 1.165) is 12.0 Å². The zero-order valence-electron chi connectivity index (χ0n) is 21.3. The molecule has 0 unspecified atom stereocenters. The van der Waals surface area contributed by atoms with E-state index >= 15 is 0 Å². The molecule has 0 fully saturated rings. The van der Waals surface area contributed by atoms with Gasteiger partial charge in [-0.15, -0.1) is 0 Å². The van der Waals surface area contributed by atoms with Gasteiger partial charge in [-0.1, -0.05) is 39.8 Å². The monoisotopic (exact) mass is 488 g/mol. The van der Waals surface area contributed by atoms with Gasteiger partial charge in [0.15, 0.2) is 11.5 Å². The Morgan fingerprint density at radius 3 is 2.19 bits per heavy atom. The summed E-state index contributed by atoms with van der Waals surface area (Å²) in [6.45, 7) is 9.00. The van der Waals surface area contributed by atoms with Crippen LogP contribution in [-0.2, 0) is 5.41 Å². The predicted octanol–water partition coefficient (Wildman–Crippen LogP) is 5.76. The van der Waals surface area contributed by atoms with Gasteiger partial charge in [0.1, 0.15) is 5.75 Å². The third-order valence-electron chi connectivity index (χ3n) is 5.35. The van der Waals surface area contributed by atoms with Crippen LogP contribution in [0.15, 0.2) is 71.8 Å². The van der Waals surface area contributed by atoms with Gasteiger partial charge in [-0.05, 0) is 77.6 Å². The number of methoxy groups -OCH3 is 1. The Hall–Kier alpha value is -4.13. The van der Waals surface area contributed by atoms with E-state index in [2.05, 4.69) is 31.3 Å². The number of rotatable bonds is 9. The molecule has 7 heteroatoms. The van der Waals surface area contributed by atoms with E-state index in [9.17, 15) is 9.59 Å². The summed E-state index contributed by atoms with van der Waals surface area (Å²) in [4.78, 5) is 24.9. The molecule has 0 atom stereocenters. The van der Waals surface area contributed by atoms with Crippen LogP contribution in [0.5, 0.6) is 17.2 Å². The second-order valence-corrected chi connectivity index (χ2v) is 9.20. The van der Waals surface area contributed by atoms with Crippen LogP contribution in [0.2, 0.25) is 0 Å². The van der Waals surface area contributed by atoms with Crippen LogP contribution in [0.25, 0.3) is 0 Å². The Kier molecular flexibility index (Phi) is 8.84. The molecule has 3 aromatic carbocycles. The van der Waals surface area contributed by atoms with Crippen LogP contribution < -0.4 is 19.6 Å². The number of amides is 1. The fourth-order valence-corrected chi connectivity index (χ4v) is 3.27. The van der Waals surface area contributed by atoms with Gasteiger partial charge < -0.3 is 14.2 Å². The van der Waals surface area contributed by atoms with Gasteiger partial charge in [0.2, 0.25) is 0 Å². The Labute approximate surface area is 212 Å². The number of ether oxygens (including phenoxy) is 3. The summed E-state index contributed by atoms with van der Waals surface area (Å²) < 4.78 is 16.4. The highest BCUT2D eigenvalue weighted by Crippen LogP contribution is 2.28. The molecule has 188 valence electrons. The molecule has 1 amide bonds. The Balaban J connectivity index is 1.61. The number of hydrogen-bond donors (Lipinski definition) is 1. The molecule has 0 radical (unpaired) electrons. The maximum atomic E-state index is 12.6. The highest BCUT2D eigenvalue weighted by molar-refractivity contribution is 5.95. The average molecular weight is 489 g/mol. The zero-order chi connectivity index (χ0) is 26.1. The summed E-state index contributed by atoms with van der Waals surface area (Å²) >= 11 is 0. The van der Waals surface area contributed by atoms with Crippen molar-refractivity contribution in [2.75, 3.05) is 13.7 Å². The number of hydrogen-bond acceptors (Lipinski definition) is 6. The fourth-order valence-electron chi connectivity index (χ4n) is 3.27. The maximum Gasteiger partial charge on any atom is 0.343 e. The molecule has 0 aromatic heterocycles. The molecule has 0 spiro atoms. The second-order valence-electron chi connectivity index (χ2n) is 9.20. The standard InChI is InChI=1S/C29H32N2O5/c1-6-17-35-24-14-10-22(11-15-24)28(33)36-25-16-7-20(18-26(25)34-5)19-30-31-27(32)21-8-12-23(13-9-21)29(2,3)4/h7-16,18-19H,6,17H2,1-5H3,(H,31,32)/b30-19+. The third kappa shape index (κ3) is 7.18. The van der Waals surface area contributed by atoms with Gasteiger partial charge in [-0.25, -0.2) is 10.2 Å². The van der Waals surface area contributed by atoms with Crippen molar-refractivity contribution in [2.24, 2.45) is 5.10 Å². The third-order valence-corrected chi connectivity index (χ3v) is 5.35. The summed E-state index contributed by atoms with van der Waals surface area (Å²) in [6, 6.07) is 19.2. The Morgan fingerprint density at radius 1 is 0.917 bits per heavy atom. The number of esters is 1. The molecule has 0 aliphatic rings. The van der Waals surface area contributed by atoms with Crippen molar-refractivity contribution in [3.05, 3.63) is 89.0 Å². The lowest BCUT2D eigenvalue weighted by Gasteiger charge is -2.18. The highest BCUT2D eigenvalue weighted by atomic mass is 16.6. The van der Waals surface area contributed by atoms with Crippen molar-refractivity contribution in [1.29, 1.82) is 0 Å². The topological polar surface area (TPSA) is 86.2 Å². The molecule has 0 saturated carbocycles. The minimum absolute atomic E-state index is 0.0144. The Bertz CT molecular complexity index is 1210. The predicted molar refractivity (Wildman–Crippen MR) is 140 cm³/mol. The summed E-state index contributed by atoms with van der Waals surface area (Å²) in [5.41, 5.74) is 5.26. The molecule has 1 N–H and O–H groups in total. The van der Waals surface area contributed by atoms with Crippen LogP contribution in [0.3, 0.4) is 0 Å². The molecule has 0 aliphatic carbocycles. The molecule has 36 heavy (non-hydrogen) atoms. The molecular weight excluding hydrogens is 456 g/mol. The molecule has 0 bridgehead atoms. The van der Waals surface area contributed by atoms with Gasteiger partial charge in [-0.2, -0.15) is 5.10 Å². The number of hydrazone groups is 1. The first-order valence-electron chi connectivity index (χ1n) is 11.8. The van der Waals surface area contributed by atoms with E-state index in [1.807, 2.05) is 19.1 Å². The SMILES string of the molecule is CCCOc1ccc(C(=O)Oc2ccc(/C=N/NC(=O)c3ccc(C(C)(C)C)cc3)cc2OC)cc1. The molecule has 0 saturated heterocycles. The van der Waals surface area contributed by atoms with Crippen molar-refractivity contribution in [3.63, 3.8) is 0 Å². The van der Waals surface area contributed by atoms with Gasteiger partial charge in [0.25, 0.3) is 5.91 Å². The van der Waals surface area contributed by atoms with E-state index in [-0.39, 0.29) is 17.1 Å². The van der Waals surface area contributed by atoms with E-state index in [0.29, 0.717) is 34.8 Å². The minimum Gasteiger partial charge on any atom is -0.494 e. The Morgan fingerprint density at radius 2 is 1.58 bits per heavy atom. The number of nitrogens with one attached hydrogen (secondary N) is 1. The van der Waals surface area contributed by atoms with Crippen LogP contribution in [0.1, 0.15) is 66.0 Å². The van der Waals surface area contributed by atoms with Crippen LogP contribution in [0, 0.1) is 0 Å². The van der Waals surface area contributed by atoms with Crippen molar-refractivity contribution in [2.45, 2.75) is 39.5 Å². The molecule has 0 aliphatic heterocycles. The lowest BCUT2D eigenvalue weighted by atomic mass is 9.87. The van der Waals surface area contributed by atoms with E-state index < -0.39 is 5.97 Å². The van der Waals surface area contributed by atoms with Crippen molar-refractivity contribution in [3.8, 4) is 17.2 Å². The molecule has 3 aromatic rings. The van der Waals surface area contributed by atoms with E-state index in [1.54, 1.807) is 54.6 Å². The van der Waals surface area contributed by atoms with E-state index in [1.165, 1.54) is 13.3 Å². The number of benzene rings is 3. The molecule has 7 nitrogen and oxygen atoms in total. The van der Waals surface area contributed by atoms with Crippen molar-refractivity contribution in [1.82, 2.24) is 5.43 Å². The van der Waals surface area contributed by atoms with Gasteiger partial charge in [0.05, 0.1) is 25.5 Å². The lowest BCUT2D eigenvalue weighted by molar-refractivity contribution is 0.0729. The summed E-state index contributed by atoms with van der Waals surface area (Å²) in [5, 5.41) is 4.03. The van der Waals surface area contributed by atoms with Crippen molar-refractivity contribution >= 4 is 18.1 Å². The quantitative estimate of drug-likeness (QED) is 0.179. The second kappa shape index (κ2) is 12.0. The number of nitrogens with zero attached hydrogens (tertiary/aromatic N) is 1. The summed E-state index contributed by atoms with van der Waals surface area (Å²) in [5.74, 6) is 0.508. The molecule has 0 heterocycles. The first kappa shape index (κ1) is 26.5. The first-order valence-corrected chi connectivity index (χ1v) is 11.8. The lowest BCUT2D eigenvalue weighted by Crippen LogP contribution is -2.18. The number of carbonyl (C=O) groups excluding carboxylic acids is 2. The summed E-state index contributed by atoms with van der Waals surface area (Å²) in [7, 11) is 1.48. The van der Waals surface area contributed by atoms with Crippen LogP contribution in [-0.4, -0.2) is 31.8 Å². The van der Waals surface area contributed by atoms with Crippen LogP contribution in [0.4, 0.5) is 0 Å². The van der Waals surface area contributed by atoms with Gasteiger partial charge in [-0.3, -0.25) is 4.79 Å². The first-order chi connectivity index (χ1) is 17.2. The van der Waals surface area contributed by atoms with E-state index in [4.69, 9.17) is 14.2 Å². The van der Waals surface area contributed by atoms with Gasteiger partial charge in [0, 0.05) is 5.56 Å². The average Bonchev–Trinajstić information content (AvgIpc) is 2.88. The normalized spacial score (nSPS) is 11.2. The zero-order valence-corrected chi connectivity index (χ0v) is 21.3. The molecule has 3 rings (SSSR count). The maximum absolute atomic E-state index is 12.6. The van der Waals surface area contributed by atoms with Gasteiger partial charge >= 0.3 is 5.97 Å². The molecular formula is C29H32N2O5. The summed E-state index contributed by atoms with van der Waals surface area (Å²) in [6.07, 6.45) is 2.40.